The van der Waals surface area contributed by atoms with E-state index in [0.717, 1.165) is 4.47 Å². The second-order valence-electron chi connectivity index (χ2n) is 6.08. The zero-order chi connectivity index (χ0) is 20.3. The minimum atomic E-state index is -0.637. The topological polar surface area (TPSA) is 90.3 Å². The highest BCUT2D eigenvalue weighted by Crippen LogP contribution is 2.15. The number of aromatic nitrogens is 2. The molecule has 7 nitrogen and oxygen atoms in total. The highest BCUT2D eigenvalue weighted by atomic mass is 79.9. The van der Waals surface area contributed by atoms with Crippen LogP contribution < -0.4 is 10.9 Å². The first-order chi connectivity index (χ1) is 13.4. The normalized spacial score (nSPS) is 10.7. The average molecular weight is 444 g/mol. The van der Waals surface area contributed by atoms with E-state index < -0.39 is 18.5 Å². The summed E-state index contributed by atoms with van der Waals surface area (Å²) in [4.78, 5) is 40.7. The number of amides is 1. The molecule has 3 aromatic rings. The standard InChI is InChI=1S/C20H18BrN3O4/c1-3-24-17-9-4-13(10-16(17)22-12(2)19(24)26)20(27)28-11-18(25)23-15-7-5-14(21)6-8-15/h4-10H,3,11H2,1-2H3,(H,23,25). The molecule has 0 spiro atoms. The van der Waals surface area contributed by atoms with Crippen LogP contribution in [0.3, 0.4) is 0 Å². The van der Waals surface area contributed by atoms with Gasteiger partial charge in [-0.3, -0.25) is 9.59 Å². The Morgan fingerprint density at radius 2 is 1.89 bits per heavy atom. The molecule has 1 N–H and O–H groups in total. The zero-order valence-corrected chi connectivity index (χ0v) is 16.9. The maximum absolute atomic E-state index is 12.3. The van der Waals surface area contributed by atoms with Crippen molar-refractivity contribution in [1.82, 2.24) is 9.55 Å². The number of anilines is 1. The number of nitrogens with one attached hydrogen (secondary N) is 1. The van der Waals surface area contributed by atoms with Gasteiger partial charge in [-0.25, -0.2) is 9.78 Å². The lowest BCUT2D eigenvalue weighted by Crippen LogP contribution is -2.23. The van der Waals surface area contributed by atoms with E-state index >= 15 is 0 Å². The highest BCUT2D eigenvalue weighted by molar-refractivity contribution is 9.10. The summed E-state index contributed by atoms with van der Waals surface area (Å²) >= 11 is 3.32. The third-order valence-electron chi connectivity index (χ3n) is 4.12. The summed E-state index contributed by atoms with van der Waals surface area (Å²) in [6, 6.07) is 11.8. The van der Waals surface area contributed by atoms with Gasteiger partial charge < -0.3 is 14.6 Å². The Kier molecular flexibility index (Phi) is 5.89. The fourth-order valence-corrected chi connectivity index (χ4v) is 3.02. The Morgan fingerprint density at radius 3 is 2.57 bits per heavy atom. The second-order valence-corrected chi connectivity index (χ2v) is 7.00. The molecular formula is C20H18BrN3O4. The number of halogens is 1. The van der Waals surface area contributed by atoms with Gasteiger partial charge in [0.1, 0.15) is 5.69 Å². The number of carbonyl (C=O) groups excluding carboxylic acids is 2. The van der Waals surface area contributed by atoms with Crippen LogP contribution in [0.1, 0.15) is 23.0 Å². The number of benzene rings is 2. The minimum absolute atomic E-state index is 0.157. The lowest BCUT2D eigenvalue weighted by Gasteiger charge is -2.10. The van der Waals surface area contributed by atoms with Gasteiger partial charge in [0.25, 0.3) is 11.5 Å². The fourth-order valence-electron chi connectivity index (χ4n) is 2.76. The van der Waals surface area contributed by atoms with Crippen LogP contribution in [0.25, 0.3) is 11.0 Å². The maximum Gasteiger partial charge on any atom is 0.338 e. The molecule has 0 unspecified atom stereocenters. The summed E-state index contributed by atoms with van der Waals surface area (Å²) < 4.78 is 7.58. The third-order valence-corrected chi connectivity index (χ3v) is 4.65. The minimum Gasteiger partial charge on any atom is -0.452 e. The predicted molar refractivity (Wildman–Crippen MR) is 109 cm³/mol. The van der Waals surface area contributed by atoms with Crippen LogP contribution in [0.15, 0.2) is 51.7 Å². The SMILES string of the molecule is CCn1c(=O)c(C)nc2cc(C(=O)OCC(=O)Nc3ccc(Br)cc3)ccc21. The van der Waals surface area contributed by atoms with Crippen molar-refractivity contribution in [3.05, 3.63) is 68.5 Å². The van der Waals surface area contributed by atoms with Crippen molar-refractivity contribution in [2.24, 2.45) is 0 Å². The van der Waals surface area contributed by atoms with Crippen molar-refractivity contribution in [2.75, 3.05) is 11.9 Å². The average Bonchev–Trinajstić information content (AvgIpc) is 2.68. The van der Waals surface area contributed by atoms with Crippen LogP contribution in [0.4, 0.5) is 5.69 Å². The van der Waals surface area contributed by atoms with E-state index in [9.17, 15) is 14.4 Å². The van der Waals surface area contributed by atoms with Gasteiger partial charge in [-0.05, 0) is 56.3 Å². The number of carbonyl (C=O) groups is 2. The Morgan fingerprint density at radius 1 is 1.18 bits per heavy atom. The zero-order valence-electron chi connectivity index (χ0n) is 15.4. The maximum atomic E-state index is 12.3. The van der Waals surface area contributed by atoms with E-state index in [0.29, 0.717) is 29.0 Å². The molecule has 0 saturated heterocycles. The molecule has 1 aromatic heterocycles. The van der Waals surface area contributed by atoms with Crippen LogP contribution in [-0.2, 0) is 16.1 Å². The van der Waals surface area contributed by atoms with E-state index in [1.807, 2.05) is 6.92 Å². The summed E-state index contributed by atoms with van der Waals surface area (Å²) in [7, 11) is 0. The van der Waals surface area contributed by atoms with Crippen molar-refractivity contribution in [3.63, 3.8) is 0 Å². The van der Waals surface area contributed by atoms with Crippen molar-refractivity contribution < 1.29 is 14.3 Å². The van der Waals surface area contributed by atoms with E-state index in [-0.39, 0.29) is 11.1 Å². The molecule has 0 aliphatic carbocycles. The lowest BCUT2D eigenvalue weighted by atomic mass is 10.2. The number of aryl methyl sites for hydroxylation is 2. The second kappa shape index (κ2) is 8.35. The summed E-state index contributed by atoms with van der Waals surface area (Å²) in [5.74, 6) is -1.08. The molecule has 0 aliphatic rings. The molecule has 8 heteroatoms. The smallest absolute Gasteiger partial charge is 0.338 e. The third kappa shape index (κ3) is 4.28. The van der Waals surface area contributed by atoms with Gasteiger partial charge in [0.2, 0.25) is 0 Å². The highest BCUT2D eigenvalue weighted by Gasteiger charge is 2.14. The number of fused-ring (bicyclic) bond motifs is 1. The largest absolute Gasteiger partial charge is 0.452 e. The van der Waals surface area contributed by atoms with Gasteiger partial charge in [0.05, 0.1) is 16.6 Å². The Labute approximate surface area is 169 Å². The van der Waals surface area contributed by atoms with E-state index in [4.69, 9.17) is 4.74 Å². The Bertz CT molecular complexity index is 1110. The molecule has 28 heavy (non-hydrogen) atoms. The van der Waals surface area contributed by atoms with Crippen molar-refractivity contribution in [2.45, 2.75) is 20.4 Å². The molecule has 2 aromatic carbocycles. The Hall–Kier alpha value is -3.00. The lowest BCUT2D eigenvalue weighted by molar-refractivity contribution is -0.119. The monoisotopic (exact) mass is 443 g/mol. The molecular weight excluding hydrogens is 426 g/mol. The molecule has 144 valence electrons. The quantitative estimate of drug-likeness (QED) is 0.610. The van der Waals surface area contributed by atoms with Crippen molar-refractivity contribution in [1.29, 1.82) is 0 Å². The van der Waals surface area contributed by atoms with Crippen LogP contribution >= 0.6 is 15.9 Å². The molecule has 3 rings (SSSR count). The first-order valence-electron chi connectivity index (χ1n) is 8.62. The summed E-state index contributed by atoms with van der Waals surface area (Å²) in [5, 5.41) is 2.65. The molecule has 1 heterocycles. The van der Waals surface area contributed by atoms with Gasteiger partial charge in [-0.2, -0.15) is 0 Å². The number of hydrogen-bond donors (Lipinski definition) is 1. The first kappa shape index (κ1) is 19.8. The fraction of sp³-hybridized carbons (Fsp3) is 0.200. The van der Waals surface area contributed by atoms with Gasteiger partial charge >= 0.3 is 5.97 Å². The van der Waals surface area contributed by atoms with Crippen molar-refractivity contribution >= 4 is 44.5 Å². The predicted octanol–water partition coefficient (Wildman–Crippen LogP) is 3.28. The molecule has 0 radical (unpaired) electrons. The Balaban J connectivity index is 1.71. The molecule has 0 bridgehead atoms. The molecule has 1 amide bonds. The summed E-state index contributed by atoms with van der Waals surface area (Å²) in [6.07, 6.45) is 0. The van der Waals surface area contributed by atoms with Crippen LogP contribution in [0.2, 0.25) is 0 Å². The van der Waals surface area contributed by atoms with E-state index in [1.165, 1.54) is 0 Å². The first-order valence-corrected chi connectivity index (χ1v) is 9.42. The molecule has 0 atom stereocenters. The van der Waals surface area contributed by atoms with Gasteiger partial charge in [0, 0.05) is 16.7 Å². The van der Waals surface area contributed by atoms with Crippen LogP contribution in [0.5, 0.6) is 0 Å². The van der Waals surface area contributed by atoms with E-state index in [2.05, 4.69) is 26.2 Å². The molecule has 0 saturated carbocycles. The van der Waals surface area contributed by atoms with Gasteiger partial charge in [-0.15, -0.1) is 0 Å². The molecule has 0 aliphatic heterocycles. The van der Waals surface area contributed by atoms with Crippen molar-refractivity contribution in [3.8, 4) is 0 Å². The summed E-state index contributed by atoms with van der Waals surface area (Å²) in [5.41, 5.74) is 2.23. The van der Waals surface area contributed by atoms with Gasteiger partial charge in [-0.1, -0.05) is 15.9 Å². The number of hydrogen-bond acceptors (Lipinski definition) is 5. The van der Waals surface area contributed by atoms with E-state index in [1.54, 1.807) is 54.0 Å². The summed E-state index contributed by atoms with van der Waals surface area (Å²) in [6.45, 7) is 3.59. The van der Waals surface area contributed by atoms with Crippen LogP contribution in [0, 0.1) is 6.92 Å². The number of rotatable bonds is 5. The number of ether oxygens (including phenoxy) is 1. The van der Waals surface area contributed by atoms with Crippen LogP contribution in [-0.4, -0.2) is 28.0 Å². The number of nitrogens with zero attached hydrogens (tertiary/aromatic N) is 2. The molecule has 0 fully saturated rings. The van der Waals surface area contributed by atoms with Gasteiger partial charge in [0.15, 0.2) is 6.61 Å². The number of esters is 1.